The molecule has 0 aliphatic carbocycles. The molecule has 0 saturated carbocycles. The summed E-state index contributed by atoms with van der Waals surface area (Å²) in [7, 11) is -3.38. The standard InChI is InChI=1S/C22H19ClN2O5S2/c1-32(28,29)19-5-3-2-4-17(19)14-6-8-15(9-7-14)25-13-16(30-22(25)27)12-24-21(26)18-10-11-20(23)31-18/h2-11,16H,12-13H2,1H3,(H,24,26)/t16-/m0/s1. The number of nitrogens with zero attached hydrogens (tertiary/aromatic N) is 1. The highest BCUT2D eigenvalue weighted by atomic mass is 35.5. The van der Waals surface area contributed by atoms with Gasteiger partial charge in [-0.05, 0) is 35.9 Å². The van der Waals surface area contributed by atoms with Gasteiger partial charge in [-0.1, -0.05) is 41.9 Å². The molecule has 2 aromatic carbocycles. The van der Waals surface area contributed by atoms with Crippen LogP contribution >= 0.6 is 22.9 Å². The molecule has 2 heterocycles. The predicted molar refractivity (Wildman–Crippen MR) is 124 cm³/mol. The molecule has 1 N–H and O–H groups in total. The second kappa shape index (κ2) is 8.93. The number of cyclic esters (lactones) is 1. The zero-order valence-electron chi connectivity index (χ0n) is 16.9. The van der Waals surface area contributed by atoms with Crippen LogP contribution in [-0.2, 0) is 14.6 Å². The van der Waals surface area contributed by atoms with Crippen LogP contribution in [0.4, 0.5) is 10.5 Å². The van der Waals surface area contributed by atoms with Gasteiger partial charge in [-0.25, -0.2) is 13.2 Å². The summed E-state index contributed by atoms with van der Waals surface area (Å²) in [4.78, 5) is 26.7. The summed E-state index contributed by atoms with van der Waals surface area (Å²) in [5, 5.41) is 2.75. The topological polar surface area (TPSA) is 92.8 Å². The van der Waals surface area contributed by atoms with Gasteiger partial charge in [0.2, 0.25) is 0 Å². The van der Waals surface area contributed by atoms with Crippen molar-refractivity contribution in [2.24, 2.45) is 0 Å². The van der Waals surface area contributed by atoms with E-state index in [0.717, 1.165) is 5.56 Å². The van der Waals surface area contributed by atoms with E-state index in [9.17, 15) is 18.0 Å². The molecule has 3 aromatic rings. The Kier molecular flexibility index (Phi) is 6.23. The minimum absolute atomic E-state index is 0.177. The zero-order valence-corrected chi connectivity index (χ0v) is 19.3. The van der Waals surface area contributed by atoms with Crippen molar-refractivity contribution in [1.82, 2.24) is 5.32 Å². The summed E-state index contributed by atoms with van der Waals surface area (Å²) in [6.07, 6.45) is 0.173. The molecule has 2 amide bonds. The second-order valence-corrected chi connectivity index (χ2v) is 10.9. The molecule has 0 unspecified atom stereocenters. The van der Waals surface area contributed by atoms with Gasteiger partial charge in [0.25, 0.3) is 5.91 Å². The number of amides is 2. The Hall–Kier alpha value is -2.88. The first-order valence-corrected chi connectivity index (χ1v) is 12.7. The molecule has 7 nitrogen and oxygen atoms in total. The Labute approximate surface area is 194 Å². The summed E-state index contributed by atoms with van der Waals surface area (Å²) < 4.78 is 30.0. The fourth-order valence-electron chi connectivity index (χ4n) is 3.42. The number of rotatable bonds is 6. The van der Waals surface area contributed by atoms with E-state index in [0.29, 0.717) is 20.5 Å². The Bertz CT molecular complexity index is 1270. The van der Waals surface area contributed by atoms with Crippen molar-refractivity contribution in [3.63, 3.8) is 0 Å². The highest BCUT2D eigenvalue weighted by Crippen LogP contribution is 2.30. The number of halogens is 1. The van der Waals surface area contributed by atoms with Crippen molar-refractivity contribution in [2.75, 3.05) is 24.2 Å². The van der Waals surface area contributed by atoms with E-state index in [1.54, 1.807) is 60.7 Å². The third-order valence-corrected chi connectivity index (χ3v) is 7.32. The lowest BCUT2D eigenvalue weighted by Gasteiger charge is -2.14. The van der Waals surface area contributed by atoms with Crippen LogP contribution in [0.2, 0.25) is 4.34 Å². The van der Waals surface area contributed by atoms with Gasteiger partial charge >= 0.3 is 6.09 Å². The van der Waals surface area contributed by atoms with E-state index in [4.69, 9.17) is 16.3 Å². The number of hydrogen-bond acceptors (Lipinski definition) is 6. The quantitative estimate of drug-likeness (QED) is 0.558. The number of sulfone groups is 1. The maximum Gasteiger partial charge on any atom is 0.414 e. The number of benzene rings is 2. The zero-order chi connectivity index (χ0) is 22.9. The van der Waals surface area contributed by atoms with Crippen LogP contribution in [0.3, 0.4) is 0 Å². The molecule has 166 valence electrons. The summed E-state index contributed by atoms with van der Waals surface area (Å²) >= 11 is 7.03. The number of hydrogen-bond donors (Lipinski definition) is 1. The summed E-state index contributed by atoms with van der Waals surface area (Å²) in [6.45, 7) is 0.458. The monoisotopic (exact) mass is 490 g/mol. The average molecular weight is 491 g/mol. The van der Waals surface area contributed by atoms with Crippen molar-refractivity contribution in [2.45, 2.75) is 11.0 Å². The summed E-state index contributed by atoms with van der Waals surface area (Å²) in [5.41, 5.74) is 1.94. The first-order chi connectivity index (χ1) is 15.2. The lowest BCUT2D eigenvalue weighted by Crippen LogP contribution is -2.34. The van der Waals surface area contributed by atoms with Crippen LogP contribution in [0.5, 0.6) is 0 Å². The normalized spacial score (nSPS) is 16.1. The molecule has 32 heavy (non-hydrogen) atoms. The number of carbonyl (C=O) groups is 2. The van der Waals surface area contributed by atoms with Crippen molar-refractivity contribution >= 4 is 50.5 Å². The molecular formula is C22H19ClN2O5S2. The van der Waals surface area contributed by atoms with Crippen molar-refractivity contribution in [3.05, 3.63) is 69.9 Å². The number of ether oxygens (including phenoxy) is 1. The maximum atomic E-state index is 12.3. The molecule has 0 radical (unpaired) electrons. The van der Waals surface area contributed by atoms with E-state index in [-0.39, 0.29) is 23.9 Å². The van der Waals surface area contributed by atoms with Gasteiger partial charge in [0, 0.05) is 17.5 Å². The first kappa shape index (κ1) is 22.3. The van der Waals surface area contributed by atoms with Crippen molar-refractivity contribution < 1.29 is 22.7 Å². The molecule has 1 fully saturated rings. The fourth-order valence-corrected chi connectivity index (χ4v) is 5.29. The molecule has 1 saturated heterocycles. The fraction of sp³-hybridized carbons (Fsp3) is 0.182. The lowest BCUT2D eigenvalue weighted by atomic mass is 10.1. The number of carbonyl (C=O) groups excluding carboxylic acids is 2. The van der Waals surface area contributed by atoms with Crippen LogP contribution in [0.25, 0.3) is 11.1 Å². The van der Waals surface area contributed by atoms with E-state index in [1.165, 1.54) is 22.5 Å². The van der Waals surface area contributed by atoms with E-state index >= 15 is 0 Å². The highest BCUT2D eigenvalue weighted by Gasteiger charge is 2.32. The van der Waals surface area contributed by atoms with Gasteiger partial charge in [0.15, 0.2) is 9.84 Å². The van der Waals surface area contributed by atoms with E-state index < -0.39 is 22.0 Å². The smallest absolute Gasteiger partial charge is 0.414 e. The van der Waals surface area contributed by atoms with Crippen molar-refractivity contribution in [1.29, 1.82) is 0 Å². The first-order valence-electron chi connectivity index (χ1n) is 9.63. The molecule has 1 aromatic heterocycles. The van der Waals surface area contributed by atoms with Crippen LogP contribution in [-0.4, -0.2) is 45.9 Å². The third kappa shape index (κ3) is 4.79. The van der Waals surface area contributed by atoms with Gasteiger partial charge < -0.3 is 10.1 Å². The molecular weight excluding hydrogens is 472 g/mol. The number of nitrogens with one attached hydrogen (secondary N) is 1. The van der Waals surface area contributed by atoms with Crippen LogP contribution in [0.1, 0.15) is 9.67 Å². The van der Waals surface area contributed by atoms with Gasteiger partial charge in [-0.2, -0.15) is 0 Å². The average Bonchev–Trinajstić information content (AvgIpc) is 3.37. The van der Waals surface area contributed by atoms with Gasteiger partial charge in [-0.3, -0.25) is 9.69 Å². The van der Waals surface area contributed by atoms with Gasteiger partial charge in [0.1, 0.15) is 6.10 Å². The lowest BCUT2D eigenvalue weighted by molar-refractivity contribution is 0.0920. The SMILES string of the molecule is CS(=O)(=O)c1ccccc1-c1ccc(N2C[C@H](CNC(=O)c3ccc(Cl)s3)OC2=O)cc1. The molecule has 0 spiro atoms. The Morgan fingerprint density at radius 3 is 2.53 bits per heavy atom. The number of thiophene rings is 1. The molecule has 0 bridgehead atoms. The van der Waals surface area contributed by atoms with Crippen LogP contribution in [0.15, 0.2) is 65.6 Å². The minimum atomic E-state index is -3.38. The largest absolute Gasteiger partial charge is 0.442 e. The van der Waals surface area contributed by atoms with Crippen LogP contribution in [0, 0.1) is 0 Å². The molecule has 1 atom stereocenters. The maximum absolute atomic E-state index is 12.3. The summed E-state index contributed by atoms with van der Waals surface area (Å²) in [6, 6.07) is 17.1. The minimum Gasteiger partial charge on any atom is -0.442 e. The highest BCUT2D eigenvalue weighted by molar-refractivity contribution is 7.90. The van der Waals surface area contributed by atoms with Crippen molar-refractivity contribution in [3.8, 4) is 11.1 Å². The van der Waals surface area contributed by atoms with E-state index in [2.05, 4.69) is 5.32 Å². The molecule has 1 aliphatic heterocycles. The summed E-state index contributed by atoms with van der Waals surface area (Å²) in [5.74, 6) is -0.273. The third-order valence-electron chi connectivity index (χ3n) is 4.94. The van der Waals surface area contributed by atoms with Gasteiger partial charge in [0.05, 0.1) is 27.2 Å². The Balaban J connectivity index is 1.44. The van der Waals surface area contributed by atoms with Gasteiger partial charge in [-0.15, -0.1) is 11.3 Å². The predicted octanol–water partition coefficient (Wildman–Crippen LogP) is 4.23. The molecule has 10 heteroatoms. The second-order valence-electron chi connectivity index (χ2n) is 7.25. The molecule has 4 rings (SSSR count). The molecule has 1 aliphatic rings. The van der Waals surface area contributed by atoms with Crippen LogP contribution < -0.4 is 10.2 Å². The van der Waals surface area contributed by atoms with E-state index in [1.807, 2.05) is 0 Å². The Morgan fingerprint density at radius 2 is 1.88 bits per heavy atom. The number of anilines is 1. The Morgan fingerprint density at radius 1 is 1.16 bits per heavy atom.